The summed E-state index contributed by atoms with van der Waals surface area (Å²) in [5.41, 5.74) is 2.56. The number of hydrogen-bond acceptors (Lipinski definition) is 5. The Morgan fingerprint density at radius 3 is 2.12 bits per heavy atom. The minimum Gasteiger partial charge on any atom is -0.479 e. The highest BCUT2D eigenvalue weighted by atomic mass is 16.5. The maximum atomic E-state index is 12.9. The number of aliphatic hydroxyl groups is 1. The van der Waals surface area contributed by atoms with Crippen LogP contribution in [0.4, 0.5) is 4.79 Å². The van der Waals surface area contributed by atoms with Crippen molar-refractivity contribution in [1.29, 1.82) is 0 Å². The molecule has 2 aromatic rings. The summed E-state index contributed by atoms with van der Waals surface area (Å²) in [4.78, 5) is 38.1. The first-order chi connectivity index (χ1) is 15.9. The van der Waals surface area contributed by atoms with Crippen molar-refractivity contribution >= 4 is 18.0 Å². The van der Waals surface area contributed by atoms with Crippen molar-refractivity contribution in [3.63, 3.8) is 0 Å². The number of aliphatic carboxylic acids is 1. The predicted octanol–water partition coefficient (Wildman–Crippen LogP) is 2.35. The maximum Gasteiger partial charge on any atom is 0.407 e. The van der Waals surface area contributed by atoms with E-state index in [4.69, 9.17) is 9.84 Å². The molecular formula is C25H26N2O6. The van der Waals surface area contributed by atoms with Crippen molar-refractivity contribution in [3.8, 4) is 11.1 Å². The molecule has 1 heterocycles. The van der Waals surface area contributed by atoms with Crippen molar-refractivity contribution in [2.45, 2.75) is 36.8 Å². The number of benzene rings is 2. The van der Waals surface area contributed by atoms with Crippen molar-refractivity contribution in [2.24, 2.45) is 5.92 Å². The Kier molecular flexibility index (Phi) is 5.32. The molecule has 33 heavy (non-hydrogen) atoms. The SMILES string of the molecule is O=C(NC(C(=O)N1CC(O)(C(=O)O)C1)C1CCC1)OCC1c2ccccc2-c2ccccc21. The fourth-order valence-electron chi connectivity index (χ4n) is 4.99. The van der Waals surface area contributed by atoms with E-state index >= 15 is 0 Å². The molecule has 0 bridgehead atoms. The van der Waals surface area contributed by atoms with Gasteiger partial charge in [0.1, 0.15) is 12.6 Å². The van der Waals surface area contributed by atoms with Crippen molar-refractivity contribution in [2.75, 3.05) is 19.7 Å². The van der Waals surface area contributed by atoms with Gasteiger partial charge in [0, 0.05) is 5.92 Å². The van der Waals surface area contributed by atoms with Crippen LogP contribution in [0.3, 0.4) is 0 Å². The van der Waals surface area contributed by atoms with Crippen LogP contribution >= 0.6 is 0 Å². The van der Waals surface area contributed by atoms with Gasteiger partial charge in [0.05, 0.1) is 13.1 Å². The van der Waals surface area contributed by atoms with E-state index in [1.807, 2.05) is 36.4 Å². The second-order valence-electron chi connectivity index (χ2n) is 9.17. The van der Waals surface area contributed by atoms with Crippen molar-refractivity contribution in [1.82, 2.24) is 10.2 Å². The number of alkyl carbamates (subject to hydrolysis) is 1. The number of carbonyl (C=O) groups is 3. The van der Waals surface area contributed by atoms with Gasteiger partial charge in [-0.15, -0.1) is 0 Å². The van der Waals surface area contributed by atoms with Crippen LogP contribution in [0, 0.1) is 5.92 Å². The van der Waals surface area contributed by atoms with Crippen LogP contribution < -0.4 is 5.32 Å². The fourth-order valence-corrected chi connectivity index (χ4v) is 4.99. The van der Waals surface area contributed by atoms with Gasteiger partial charge in [-0.3, -0.25) is 4.79 Å². The molecule has 1 saturated carbocycles. The summed E-state index contributed by atoms with van der Waals surface area (Å²) < 4.78 is 5.59. The molecule has 8 heteroatoms. The molecule has 172 valence electrons. The van der Waals surface area contributed by atoms with Crippen LogP contribution in [0.2, 0.25) is 0 Å². The second-order valence-corrected chi connectivity index (χ2v) is 9.17. The lowest BCUT2D eigenvalue weighted by atomic mass is 9.78. The largest absolute Gasteiger partial charge is 0.479 e. The summed E-state index contributed by atoms with van der Waals surface area (Å²) in [6, 6.07) is 15.3. The molecule has 3 N–H and O–H groups in total. The van der Waals surface area contributed by atoms with Crippen LogP contribution in [-0.2, 0) is 14.3 Å². The van der Waals surface area contributed by atoms with Gasteiger partial charge < -0.3 is 25.2 Å². The van der Waals surface area contributed by atoms with E-state index < -0.39 is 23.7 Å². The average Bonchev–Trinajstić information content (AvgIpc) is 3.07. The molecule has 2 amide bonds. The minimum absolute atomic E-state index is 0.0171. The fraction of sp³-hybridized carbons (Fsp3) is 0.400. The number of carboxylic acids is 1. The van der Waals surface area contributed by atoms with Crippen LogP contribution in [0.5, 0.6) is 0 Å². The van der Waals surface area contributed by atoms with Gasteiger partial charge in [0.15, 0.2) is 5.60 Å². The summed E-state index contributed by atoms with van der Waals surface area (Å²) in [5.74, 6) is -1.83. The van der Waals surface area contributed by atoms with Gasteiger partial charge in [-0.05, 0) is 41.0 Å². The number of rotatable bonds is 6. The van der Waals surface area contributed by atoms with Crippen molar-refractivity contribution < 1.29 is 29.3 Å². The molecule has 2 aliphatic carbocycles. The highest BCUT2D eigenvalue weighted by Crippen LogP contribution is 2.44. The normalized spacial score (nSPS) is 19.5. The maximum absolute atomic E-state index is 12.9. The Morgan fingerprint density at radius 1 is 1.03 bits per heavy atom. The molecule has 2 fully saturated rings. The van der Waals surface area contributed by atoms with Crippen LogP contribution in [-0.4, -0.2) is 64.4 Å². The third-order valence-corrected chi connectivity index (χ3v) is 7.12. The molecular weight excluding hydrogens is 424 g/mol. The first kappa shape index (κ1) is 21.5. The predicted molar refractivity (Wildman–Crippen MR) is 118 cm³/mol. The topological polar surface area (TPSA) is 116 Å². The minimum atomic E-state index is -1.91. The number of nitrogens with one attached hydrogen (secondary N) is 1. The van der Waals surface area contributed by atoms with E-state index in [-0.39, 0.29) is 37.4 Å². The van der Waals surface area contributed by atoms with Gasteiger partial charge in [-0.25, -0.2) is 9.59 Å². The lowest BCUT2D eigenvalue weighted by Crippen LogP contribution is -2.70. The summed E-state index contributed by atoms with van der Waals surface area (Å²) in [6.45, 7) is -0.415. The zero-order chi connectivity index (χ0) is 23.2. The number of likely N-dealkylation sites (tertiary alicyclic amines) is 1. The number of ether oxygens (including phenoxy) is 1. The molecule has 1 saturated heterocycles. The van der Waals surface area contributed by atoms with E-state index in [1.165, 1.54) is 4.90 Å². The Labute approximate surface area is 191 Å². The van der Waals surface area contributed by atoms with E-state index in [0.29, 0.717) is 0 Å². The quantitative estimate of drug-likeness (QED) is 0.622. The zero-order valence-corrected chi connectivity index (χ0v) is 18.1. The Bertz CT molecular complexity index is 1060. The van der Waals surface area contributed by atoms with Gasteiger partial charge >= 0.3 is 12.1 Å². The molecule has 3 aliphatic rings. The molecule has 5 rings (SSSR count). The van der Waals surface area contributed by atoms with Crippen LogP contribution in [0.25, 0.3) is 11.1 Å². The third kappa shape index (κ3) is 3.74. The van der Waals surface area contributed by atoms with E-state index in [2.05, 4.69) is 17.4 Å². The second kappa shape index (κ2) is 8.19. The Balaban J connectivity index is 1.24. The average molecular weight is 450 g/mol. The van der Waals surface area contributed by atoms with Gasteiger partial charge in [0.2, 0.25) is 5.91 Å². The van der Waals surface area contributed by atoms with Crippen molar-refractivity contribution in [3.05, 3.63) is 59.7 Å². The van der Waals surface area contributed by atoms with Crippen LogP contribution in [0.1, 0.15) is 36.3 Å². The number of amides is 2. The number of nitrogens with zero attached hydrogens (tertiary/aromatic N) is 1. The molecule has 2 aromatic carbocycles. The smallest absolute Gasteiger partial charge is 0.407 e. The first-order valence-corrected chi connectivity index (χ1v) is 11.2. The highest BCUT2D eigenvalue weighted by molar-refractivity contribution is 5.90. The highest BCUT2D eigenvalue weighted by Gasteiger charge is 2.52. The lowest BCUT2D eigenvalue weighted by molar-refractivity contribution is -0.183. The Morgan fingerprint density at radius 2 is 1.61 bits per heavy atom. The molecule has 8 nitrogen and oxygen atoms in total. The number of β-amino-alcohol motifs (C(OH)–C–C–N with tert-alkyl or cyclic N) is 1. The summed E-state index contributed by atoms with van der Waals surface area (Å²) >= 11 is 0. The molecule has 0 aromatic heterocycles. The van der Waals surface area contributed by atoms with Crippen LogP contribution in [0.15, 0.2) is 48.5 Å². The summed E-state index contributed by atoms with van der Waals surface area (Å²) in [5, 5.41) is 21.7. The Hall–Kier alpha value is -3.39. The zero-order valence-electron chi connectivity index (χ0n) is 18.1. The number of hydrogen-bond donors (Lipinski definition) is 3. The first-order valence-electron chi connectivity index (χ1n) is 11.2. The van der Waals surface area contributed by atoms with Gasteiger partial charge in [0.25, 0.3) is 0 Å². The lowest BCUT2D eigenvalue weighted by Gasteiger charge is -2.46. The monoisotopic (exact) mass is 450 g/mol. The molecule has 1 atom stereocenters. The summed E-state index contributed by atoms with van der Waals surface area (Å²) in [6.07, 6.45) is 1.91. The van der Waals surface area contributed by atoms with Gasteiger partial charge in [-0.1, -0.05) is 55.0 Å². The van der Waals surface area contributed by atoms with E-state index in [9.17, 15) is 19.5 Å². The molecule has 0 radical (unpaired) electrons. The van der Waals surface area contributed by atoms with E-state index in [1.54, 1.807) is 0 Å². The number of carbonyl (C=O) groups excluding carboxylic acids is 2. The van der Waals surface area contributed by atoms with E-state index in [0.717, 1.165) is 41.5 Å². The third-order valence-electron chi connectivity index (χ3n) is 7.12. The summed E-state index contributed by atoms with van der Waals surface area (Å²) in [7, 11) is 0. The standard InChI is InChI=1S/C25H26N2O6/c28-22(27-13-25(32,14-27)23(29)30)21(15-6-5-7-15)26-24(31)33-12-20-18-10-3-1-8-16(18)17-9-2-4-11-19(17)20/h1-4,8-11,15,20-21,32H,5-7,12-14H2,(H,26,31)(H,29,30). The molecule has 0 spiro atoms. The van der Waals surface area contributed by atoms with Gasteiger partial charge in [-0.2, -0.15) is 0 Å². The number of carboxylic acid groups (broad SMARTS) is 1. The molecule has 1 aliphatic heterocycles. The molecule has 1 unspecified atom stereocenters. The number of fused-ring (bicyclic) bond motifs is 3.